The number of hydrogen-bond acceptors (Lipinski definition) is 14. The van der Waals surface area contributed by atoms with Gasteiger partial charge in [0.15, 0.2) is 0 Å². The van der Waals surface area contributed by atoms with Gasteiger partial charge in [-0.3, -0.25) is 23.5 Å². The number of aliphatic hydroxyl groups excluding tert-OH is 2. The average Bonchev–Trinajstić information content (AvgIpc) is 3.21. The lowest BCUT2D eigenvalue weighted by Gasteiger charge is -2.47. The molecule has 1 amide bonds. The number of hydrogen-bond donors (Lipinski definition) is 5. The van der Waals surface area contributed by atoms with Gasteiger partial charge in [-0.05, 0) is 95.5 Å². The summed E-state index contributed by atoms with van der Waals surface area (Å²) in [5, 5.41) is 34.1. The first-order valence-corrected chi connectivity index (χ1v) is 23.0. The Morgan fingerprint density at radius 3 is 2.13 bits per heavy atom. The fourth-order valence-electron chi connectivity index (χ4n) is 9.42. The van der Waals surface area contributed by atoms with Crippen LogP contribution in [0.1, 0.15) is 105 Å². The van der Waals surface area contributed by atoms with Crippen LogP contribution in [0.3, 0.4) is 0 Å². The van der Waals surface area contributed by atoms with Gasteiger partial charge in [0.05, 0.1) is 30.5 Å². The maximum Gasteiger partial charge on any atom is 0.394 e. The number of carbonyl (C=O) groups excluding carboxylic acids is 4. The Morgan fingerprint density at radius 2 is 1.53 bits per heavy atom. The Labute approximate surface area is 366 Å². The van der Waals surface area contributed by atoms with E-state index in [0.29, 0.717) is 56.9 Å². The number of fused-ring (bicyclic) bond motifs is 3. The minimum atomic E-state index is -4.67. The second-order valence-electron chi connectivity index (χ2n) is 17.7. The van der Waals surface area contributed by atoms with E-state index in [0.717, 1.165) is 5.57 Å². The Balaban J connectivity index is 0.00000193. The maximum absolute atomic E-state index is 14.3. The Kier molecular flexibility index (Phi) is 20.6. The lowest BCUT2D eigenvalue weighted by atomic mass is 9.81. The van der Waals surface area contributed by atoms with Crippen molar-refractivity contribution in [2.24, 2.45) is 29.6 Å². The zero-order chi connectivity index (χ0) is 46.7. The van der Waals surface area contributed by atoms with Crippen LogP contribution in [0.4, 0.5) is 0 Å². The SMILES string of the molecule is C=CC[C@@H]1/C=C(\C)C[C@H](C)C[C@H](OC)[C@H]2O[C@@](O)(C(=O)C(=O)N3CCCC[C@H]3C(=O)O[C@H](/C(C)=C/C3CC[C@@H](O)[C@H](OC)C3)[C@H](C)[C@@H](O)CC1=O)[C@H](C)C[C@@H]2OC.O=S(=O)(O)O. The molecule has 17 nitrogen and oxygen atoms in total. The summed E-state index contributed by atoms with van der Waals surface area (Å²) >= 11 is 0. The first-order valence-electron chi connectivity index (χ1n) is 21.6. The van der Waals surface area contributed by atoms with E-state index in [1.54, 1.807) is 27.0 Å². The highest BCUT2D eigenvalue weighted by Crippen LogP contribution is 2.39. The summed E-state index contributed by atoms with van der Waals surface area (Å²) in [6.45, 7) is 13.1. The second-order valence-corrected chi connectivity index (χ2v) is 18.6. The zero-order valence-corrected chi connectivity index (χ0v) is 38.3. The van der Waals surface area contributed by atoms with Gasteiger partial charge in [-0.1, -0.05) is 44.6 Å². The van der Waals surface area contributed by atoms with Gasteiger partial charge in [0.2, 0.25) is 5.79 Å². The number of aliphatic hydroxyl groups is 3. The Morgan fingerprint density at radius 1 is 0.919 bits per heavy atom. The van der Waals surface area contributed by atoms with Gasteiger partial charge in [-0.25, -0.2) is 4.79 Å². The van der Waals surface area contributed by atoms with Crippen molar-refractivity contribution in [3.63, 3.8) is 0 Å². The lowest BCUT2D eigenvalue weighted by Crippen LogP contribution is -2.64. The van der Waals surface area contributed by atoms with E-state index in [2.05, 4.69) is 6.58 Å². The van der Waals surface area contributed by atoms with E-state index in [4.69, 9.17) is 41.2 Å². The molecule has 0 radical (unpaired) electrons. The molecule has 0 spiro atoms. The van der Waals surface area contributed by atoms with Crippen LogP contribution < -0.4 is 0 Å². The number of carbonyl (C=O) groups is 4. The summed E-state index contributed by atoms with van der Waals surface area (Å²) in [6, 6.07) is -1.14. The summed E-state index contributed by atoms with van der Waals surface area (Å²) in [4.78, 5) is 57.8. The van der Waals surface area contributed by atoms with Crippen LogP contribution >= 0.6 is 0 Å². The van der Waals surface area contributed by atoms with Crippen LogP contribution in [0.15, 0.2) is 36.0 Å². The van der Waals surface area contributed by atoms with Crippen LogP contribution in [0, 0.1) is 29.6 Å². The third kappa shape index (κ3) is 14.6. The van der Waals surface area contributed by atoms with Crippen molar-refractivity contribution in [2.75, 3.05) is 27.9 Å². The summed E-state index contributed by atoms with van der Waals surface area (Å²) in [5.74, 6) is -7.76. The van der Waals surface area contributed by atoms with Gasteiger partial charge in [0.25, 0.3) is 11.7 Å². The summed E-state index contributed by atoms with van der Waals surface area (Å²) in [7, 11) is -0.0555. The fraction of sp³-hybridized carbons (Fsp3) is 0.773. The molecule has 62 heavy (non-hydrogen) atoms. The molecule has 354 valence electrons. The number of piperidine rings is 1. The molecular formula is C44H71NO16S. The molecule has 1 aliphatic carbocycles. The van der Waals surface area contributed by atoms with Crippen LogP contribution in [0.25, 0.3) is 0 Å². The van der Waals surface area contributed by atoms with E-state index < -0.39 is 94.3 Å². The highest BCUT2D eigenvalue weighted by molar-refractivity contribution is 7.79. The molecule has 5 N–H and O–H groups in total. The summed E-state index contributed by atoms with van der Waals surface area (Å²) in [5.41, 5.74) is 1.61. The maximum atomic E-state index is 14.3. The third-order valence-electron chi connectivity index (χ3n) is 12.9. The first-order chi connectivity index (χ1) is 29.0. The van der Waals surface area contributed by atoms with Crippen molar-refractivity contribution in [3.8, 4) is 0 Å². The molecule has 2 bridgehead atoms. The minimum absolute atomic E-state index is 0.00988. The number of nitrogens with zero attached hydrogens (tertiary/aromatic N) is 1. The molecular weight excluding hydrogens is 831 g/mol. The van der Waals surface area contributed by atoms with Crippen molar-refractivity contribution in [1.82, 2.24) is 4.90 Å². The summed E-state index contributed by atoms with van der Waals surface area (Å²) < 4.78 is 61.3. The molecule has 18 heteroatoms. The number of rotatable bonds is 7. The molecule has 1 saturated carbocycles. The van der Waals surface area contributed by atoms with E-state index in [-0.39, 0.29) is 49.5 Å². The van der Waals surface area contributed by atoms with E-state index >= 15 is 0 Å². The van der Waals surface area contributed by atoms with Gasteiger partial charge >= 0.3 is 16.4 Å². The monoisotopic (exact) mass is 901 g/mol. The first kappa shape index (κ1) is 53.4. The molecule has 3 aliphatic heterocycles. The predicted molar refractivity (Wildman–Crippen MR) is 227 cm³/mol. The van der Waals surface area contributed by atoms with Gasteiger partial charge in [0.1, 0.15) is 24.0 Å². The lowest BCUT2D eigenvalue weighted by molar-refractivity contribution is -0.302. The van der Waals surface area contributed by atoms with Crippen LogP contribution in [0.5, 0.6) is 0 Å². The topological polar surface area (TPSA) is 253 Å². The van der Waals surface area contributed by atoms with Crippen LogP contribution in [-0.2, 0) is 53.3 Å². The average molecular weight is 902 g/mol. The molecule has 1 unspecified atom stereocenters. The standard InChI is InChI=1S/C44H69NO12.H2O4S/c1-10-13-31-19-25(2)18-26(3)20-37(54-8)40-38(55-9)22-28(5)44(52,57-40)41(49)42(50)45-17-12-11-14-32(45)43(51)56-39(29(6)34(47)24-35(31)48)27(4)21-30-15-16-33(46)36(23-30)53-7;1-5(2,3)4/h10,19,21,26,28-34,36-40,46-47,52H,1,11-18,20,22-24H2,2-9H3;(H2,1,2,3,4)/b25-19+,27-21+;/t26-,28+,29+,30?,31+,32-,33+,34-,36+,37-,38-,39+,40+,44+;/m0./s1. The van der Waals surface area contributed by atoms with Crippen molar-refractivity contribution in [1.29, 1.82) is 0 Å². The predicted octanol–water partition coefficient (Wildman–Crippen LogP) is 3.99. The number of Topliss-reactive ketones (excluding diaryl/α,β-unsaturated/α-hetero) is 2. The number of ether oxygens (including phenoxy) is 5. The van der Waals surface area contributed by atoms with E-state index in [1.165, 1.54) is 19.1 Å². The zero-order valence-electron chi connectivity index (χ0n) is 37.5. The molecule has 0 aromatic carbocycles. The Hall–Kier alpha value is -2.91. The number of allylic oxidation sites excluding steroid dienone is 4. The highest BCUT2D eigenvalue weighted by Gasteiger charge is 2.56. The molecule has 14 atom stereocenters. The molecule has 4 rings (SSSR count). The van der Waals surface area contributed by atoms with Crippen LogP contribution in [0.2, 0.25) is 0 Å². The van der Waals surface area contributed by atoms with Crippen molar-refractivity contribution in [3.05, 3.63) is 36.0 Å². The highest BCUT2D eigenvalue weighted by atomic mass is 32.3. The fourth-order valence-corrected chi connectivity index (χ4v) is 9.42. The van der Waals surface area contributed by atoms with E-state index in [9.17, 15) is 34.5 Å². The van der Waals surface area contributed by atoms with Crippen molar-refractivity contribution < 1.29 is 75.7 Å². The number of esters is 1. The van der Waals surface area contributed by atoms with Crippen molar-refractivity contribution in [2.45, 2.75) is 160 Å². The largest absolute Gasteiger partial charge is 0.456 e. The van der Waals surface area contributed by atoms with Gasteiger partial charge in [-0.15, -0.1) is 6.58 Å². The number of cyclic esters (lactones) is 1. The number of methoxy groups -OCH3 is 3. The molecule has 3 heterocycles. The second kappa shape index (κ2) is 23.9. The van der Waals surface area contributed by atoms with Crippen LogP contribution in [-0.4, -0.2) is 144 Å². The Bertz CT molecular complexity index is 1710. The normalized spacial score (nSPS) is 38.6. The van der Waals surface area contributed by atoms with Gasteiger partial charge in [0, 0.05) is 52.0 Å². The molecule has 4 aliphatic rings. The molecule has 0 aromatic rings. The minimum Gasteiger partial charge on any atom is -0.456 e. The van der Waals surface area contributed by atoms with Crippen molar-refractivity contribution >= 4 is 33.8 Å². The molecule has 3 fully saturated rings. The molecule has 0 aromatic heterocycles. The van der Waals surface area contributed by atoms with Gasteiger partial charge in [-0.2, -0.15) is 8.42 Å². The van der Waals surface area contributed by atoms with E-state index in [1.807, 2.05) is 32.9 Å². The molecule has 2 saturated heterocycles. The van der Waals surface area contributed by atoms with Gasteiger partial charge < -0.3 is 43.9 Å². The number of ketones is 2. The third-order valence-corrected chi connectivity index (χ3v) is 12.9. The smallest absolute Gasteiger partial charge is 0.394 e. The quantitative estimate of drug-likeness (QED) is 0.105. The number of amides is 1. The summed E-state index contributed by atoms with van der Waals surface area (Å²) in [6.07, 6.45) is 4.93.